The number of aryl methyl sites for hydroxylation is 1. The second-order valence-electron chi connectivity index (χ2n) is 9.19. The van der Waals surface area contributed by atoms with E-state index in [2.05, 4.69) is 28.9 Å². The summed E-state index contributed by atoms with van der Waals surface area (Å²) >= 11 is 0. The molecular formula is C23H34N2O4. The van der Waals surface area contributed by atoms with Crippen molar-refractivity contribution in [1.82, 2.24) is 9.80 Å². The Balaban J connectivity index is 1.46. The fourth-order valence-electron chi connectivity index (χ4n) is 5.71. The number of hydrogen-bond donors (Lipinski definition) is 1. The zero-order valence-electron chi connectivity index (χ0n) is 17.7. The van der Waals surface area contributed by atoms with Crippen LogP contribution in [0.5, 0.6) is 5.75 Å². The molecule has 0 bridgehead atoms. The quantitative estimate of drug-likeness (QED) is 0.757. The van der Waals surface area contributed by atoms with Gasteiger partial charge in [0.1, 0.15) is 5.75 Å². The summed E-state index contributed by atoms with van der Waals surface area (Å²) in [7, 11) is 1.70. The average molecular weight is 403 g/mol. The number of benzene rings is 1. The van der Waals surface area contributed by atoms with Crippen molar-refractivity contribution >= 4 is 5.97 Å². The number of hydrogen-bond acceptors (Lipinski definition) is 5. The van der Waals surface area contributed by atoms with Gasteiger partial charge in [0, 0.05) is 63.8 Å². The van der Waals surface area contributed by atoms with E-state index in [1.165, 1.54) is 11.1 Å². The summed E-state index contributed by atoms with van der Waals surface area (Å²) in [4.78, 5) is 16.5. The Kier molecular flexibility index (Phi) is 6.13. The molecule has 3 aliphatic rings. The van der Waals surface area contributed by atoms with E-state index in [4.69, 9.17) is 9.47 Å². The van der Waals surface area contributed by atoms with Gasteiger partial charge in [-0.25, -0.2) is 0 Å². The fourth-order valence-corrected chi connectivity index (χ4v) is 5.71. The number of fused-ring (bicyclic) bond motifs is 1. The highest BCUT2D eigenvalue weighted by molar-refractivity contribution is 5.66. The van der Waals surface area contributed by atoms with Crippen LogP contribution >= 0.6 is 0 Å². The molecule has 1 aromatic carbocycles. The van der Waals surface area contributed by atoms with Crippen molar-refractivity contribution in [1.29, 1.82) is 0 Å². The molecule has 0 saturated carbocycles. The van der Waals surface area contributed by atoms with Crippen LogP contribution in [0.3, 0.4) is 0 Å². The molecule has 3 saturated heterocycles. The predicted molar refractivity (Wildman–Crippen MR) is 111 cm³/mol. The highest BCUT2D eigenvalue weighted by Crippen LogP contribution is 2.47. The largest absolute Gasteiger partial charge is 0.497 e. The molecule has 3 heterocycles. The van der Waals surface area contributed by atoms with Gasteiger partial charge in [-0.1, -0.05) is 6.07 Å². The summed E-state index contributed by atoms with van der Waals surface area (Å²) in [6.07, 6.45) is 3.27. The molecule has 0 aliphatic carbocycles. The minimum atomic E-state index is -0.674. The third-order valence-electron chi connectivity index (χ3n) is 7.34. The Morgan fingerprint density at radius 2 is 2.07 bits per heavy atom. The number of likely N-dealkylation sites (tertiary alicyclic amines) is 2. The van der Waals surface area contributed by atoms with Crippen molar-refractivity contribution in [3.63, 3.8) is 0 Å². The van der Waals surface area contributed by atoms with E-state index in [1.807, 2.05) is 6.07 Å². The second kappa shape index (κ2) is 8.62. The van der Waals surface area contributed by atoms with Gasteiger partial charge in [-0.2, -0.15) is 0 Å². The number of methoxy groups -OCH3 is 1. The molecule has 3 fully saturated rings. The van der Waals surface area contributed by atoms with Crippen LogP contribution < -0.4 is 4.74 Å². The smallest absolute Gasteiger partial charge is 0.303 e. The van der Waals surface area contributed by atoms with E-state index in [0.717, 1.165) is 70.9 Å². The summed E-state index contributed by atoms with van der Waals surface area (Å²) < 4.78 is 10.9. The zero-order valence-corrected chi connectivity index (χ0v) is 17.7. The molecule has 0 spiro atoms. The summed E-state index contributed by atoms with van der Waals surface area (Å²) in [5, 5.41) is 9.34. The lowest BCUT2D eigenvalue weighted by Crippen LogP contribution is -2.41. The Morgan fingerprint density at radius 3 is 2.76 bits per heavy atom. The maximum atomic E-state index is 11.3. The standard InChI is InChI=1S/C23H34N2O4/c1-17-11-21(28-2)4-3-18(17)12-24-13-19-14-25(20-6-9-29-10-7-20)16-23(19,15-24)8-5-22(26)27/h3-4,11,19-20H,5-10,12-16H2,1-2H3,(H,26,27). The minimum absolute atomic E-state index is 0.108. The molecule has 2 unspecified atom stereocenters. The zero-order chi connectivity index (χ0) is 20.4. The Morgan fingerprint density at radius 1 is 1.28 bits per heavy atom. The first-order chi connectivity index (χ1) is 14.0. The topological polar surface area (TPSA) is 62.2 Å². The molecule has 6 nitrogen and oxygen atoms in total. The van der Waals surface area contributed by atoms with Crippen molar-refractivity contribution in [3.05, 3.63) is 29.3 Å². The summed E-state index contributed by atoms with van der Waals surface area (Å²) in [5.41, 5.74) is 2.70. The fraction of sp³-hybridized carbons (Fsp3) is 0.696. The monoisotopic (exact) mass is 402 g/mol. The van der Waals surface area contributed by atoms with Gasteiger partial charge in [0.05, 0.1) is 7.11 Å². The first-order valence-electron chi connectivity index (χ1n) is 10.9. The van der Waals surface area contributed by atoms with Gasteiger partial charge >= 0.3 is 5.97 Å². The van der Waals surface area contributed by atoms with Gasteiger partial charge in [-0.15, -0.1) is 0 Å². The van der Waals surface area contributed by atoms with E-state index in [1.54, 1.807) is 7.11 Å². The van der Waals surface area contributed by atoms with Crippen LogP contribution in [0, 0.1) is 18.3 Å². The number of ether oxygens (including phenoxy) is 2. The maximum absolute atomic E-state index is 11.3. The number of carboxylic acids is 1. The van der Waals surface area contributed by atoms with Crippen molar-refractivity contribution in [2.75, 3.05) is 46.5 Å². The van der Waals surface area contributed by atoms with E-state index in [9.17, 15) is 9.90 Å². The number of carbonyl (C=O) groups is 1. The SMILES string of the molecule is COc1ccc(CN2CC3CN(C4CCOCC4)CC3(CCC(=O)O)C2)c(C)c1. The molecule has 2 atom stereocenters. The average Bonchev–Trinajstić information content (AvgIpc) is 3.22. The first-order valence-corrected chi connectivity index (χ1v) is 10.9. The lowest BCUT2D eigenvalue weighted by molar-refractivity contribution is -0.137. The first kappa shape index (κ1) is 20.6. The van der Waals surface area contributed by atoms with Crippen LogP contribution in [0.4, 0.5) is 0 Å². The van der Waals surface area contributed by atoms with Gasteiger partial charge < -0.3 is 14.6 Å². The lowest BCUT2D eigenvalue weighted by Gasteiger charge is -2.34. The second-order valence-corrected chi connectivity index (χ2v) is 9.19. The van der Waals surface area contributed by atoms with Crippen molar-refractivity contribution in [2.45, 2.75) is 45.2 Å². The van der Waals surface area contributed by atoms with E-state index in [0.29, 0.717) is 12.0 Å². The summed E-state index contributed by atoms with van der Waals surface area (Å²) in [5.74, 6) is 0.782. The molecular weight excluding hydrogens is 368 g/mol. The molecule has 6 heteroatoms. The third kappa shape index (κ3) is 4.44. The van der Waals surface area contributed by atoms with Crippen LogP contribution in [-0.2, 0) is 16.1 Å². The lowest BCUT2D eigenvalue weighted by atomic mass is 9.77. The van der Waals surface area contributed by atoms with Crippen molar-refractivity contribution in [2.24, 2.45) is 11.3 Å². The Bertz CT molecular complexity index is 734. The maximum Gasteiger partial charge on any atom is 0.303 e. The predicted octanol–water partition coefficient (Wildman–Crippen LogP) is 2.78. The molecule has 160 valence electrons. The number of rotatable bonds is 7. The highest BCUT2D eigenvalue weighted by Gasteiger charge is 2.53. The van der Waals surface area contributed by atoms with Gasteiger partial charge in [0.15, 0.2) is 0 Å². The highest BCUT2D eigenvalue weighted by atomic mass is 16.5. The molecule has 1 aromatic rings. The van der Waals surface area contributed by atoms with Crippen LogP contribution in [0.1, 0.15) is 36.8 Å². The van der Waals surface area contributed by atoms with Crippen LogP contribution in [0.25, 0.3) is 0 Å². The van der Waals surface area contributed by atoms with Gasteiger partial charge in [-0.3, -0.25) is 14.6 Å². The summed E-state index contributed by atoms with van der Waals surface area (Å²) in [6, 6.07) is 6.90. The van der Waals surface area contributed by atoms with Crippen LogP contribution in [0.15, 0.2) is 18.2 Å². The number of carboxylic acid groups (broad SMARTS) is 1. The van der Waals surface area contributed by atoms with E-state index < -0.39 is 5.97 Å². The van der Waals surface area contributed by atoms with Crippen molar-refractivity contribution < 1.29 is 19.4 Å². The molecule has 3 aliphatic heterocycles. The van der Waals surface area contributed by atoms with Crippen LogP contribution in [-0.4, -0.2) is 73.4 Å². The molecule has 0 radical (unpaired) electrons. The van der Waals surface area contributed by atoms with Gasteiger partial charge in [0.2, 0.25) is 0 Å². The number of aliphatic carboxylic acids is 1. The van der Waals surface area contributed by atoms with Crippen molar-refractivity contribution in [3.8, 4) is 5.75 Å². The Labute approximate surface area is 173 Å². The molecule has 29 heavy (non-hydrogen) atoms. The molecule has 0 aromatic heterocycles. The molecule has 1 N–H and O–H groups in total. The van der Waals surface area contributed by atoms with E-state index in [-0.39, 0.29) is 11.8 Å². The van der Waals surface area contributed by atoms with Crippen LogP contribution in [0.2, 0.25) is 0 Å². The van der Waals surface area contributed by atoms with Gasteiger partial charge in [0.25, 0.3) is 0 Å². The summed E-state index contributed by atoms with van der Waals surface area (Å²) in [6.45, 7) is 8.98. The van der Waals surface area contributed by atoms with Gasteiger partial charge in [-0.05, 0) is 55.4 Å². The van der Waals surface area contributed by atoms with E-state index >= 15 is 0 Å². The minimum Gasteiger partial charge on any atom is -0.497 e. The normalized spacial score (nSPS) is 28.6. The Hall–Kier alpha value is -1.63. The molecule has 4 rings (SSSR count). The number of nitrogens with zero attached hydrogens (tertiary/aromatic N) is 2. The molecule has 0 amide bonds. The third-order valence-corrected chi connectivity index (χ3v) is 7.34.